The second-order valence-electron chi connectivity index (χ2n) is 7.29. The van der Waals surface area contributed by atoms with Gasteiger partial charge in [-0.25, -0.2) is 4.79 Å². The summed E-state index contributed by atoms with van der Waals surface area (Å²) in [5.74, 6) is -0.216. The summed E-state index contributed by atoms with van der Waals surface area (Å²) in [6.45, 7) is 6.26. The van der Waals surface area contributed by atoms with Gasteiger partial charge in [0.25, 0.3) is 5.91 Å². The second-order valence-corrected chi connectivity index (χ2v) is 7.29. The number of hydrogen-bond acceptors (Lipinski definition) is 5. The Kier molecular flexibility index (Phi) is 7.31. The Morgan fingerprint density at radius 2 is 1.85 bits per heavy atom. The molecule has 0 saturated heterocycles. The Bertz CT molecular complexity index is 1250. The Morgan fingerprint density at radius 3 is 2.48 bits per heavy atom. The molecule has 0 spiro atoms. The lowest BCUT2D eigenvalue weighted by atomic mass is 10.1. The van der Waals surface area contributed by atoms with Gasteiger partial charge >= 0.3 is 5.97 Å². The van der Waals surface area contributed by atoms with Gasteiger partial charge < -0.3 is 19.4 Å². The highest BCUT2D eigenvalue weighted by Gasteiger charge is 2.15. The fourth-order valence-corrected chi connectivity index (χ4v) is 3.52. The first-order valence-corrected chi connectivity index (χ1v) is 10.4. The van der Waals surface area contributed by atoms with Crippen LogP contribution in [0.15, 0.2) is 60.2 Å². The van der Waals surface area contributed by atoms with Crippen molar-refractivity contribution >= 4 is 23.6 Å². The lowest BCUT2D eigenvalue weighted by Crippen LogP contribution is -2.13. The quantitative estimate of drug-likeness (QED) is 0.321. The summed E-state index contributed by atoms with van der Waals surface area (Å²) in [6.07, 6.45) is 1.56. The maximum atomic E-state index is 12.7. The molecule has 7 nitrogen and oxygen atoms in total. The third-order valence-corrected chi connectivity index (χ3v) is 5.08. The summed E-state index contributed by atoms with van der Waals surface area (Å²) >= 11 is 0. The lowest BCUT2D eigenvalue weighted by molar-refractivity contribution is -0.112. The minimum atomic E-state index is -0.501. The number of aromatic nitrogens is 1. The molecule has 0 aliphatic heterocycles. The summed E-state index contributed by atoms with van der Waals surface area (Å²) in [5, 5.41) is 12.3. The number of amides is 1. The third-order valence-electron chi connectivity index (χ3n) is 5.08. The van der Waals surface area contributed by atoms with E-state index in [1.807, 2.05) is 43.5 Å². The van der Waals surface area contributed by atoms with Crippen LogP contribution in [0.2, 0.25) is 0 Å². The van der Waals surface area contributed by atoms with Crippen molar-refractivity contribution < 1.29 is 19.1 Å². The molecule has 0 atom stereocenters. The Balaban J connectivity index is 1.88. The molecule has 33 heavy (non-hydrogen) atoms. The van der Waals surface area contributed by atoms with Gasteiger partial charge in [0.15, 0.2) is 0 Å². The molecule has 0 unspecified atom stereocenters. The molecule has 168 valence electrons. The minimum Gasteiger partial charge on any atom is -0.494 e. The van der Waals surface area contributed by atoms with Gasteiger partial charge in [0, 0.05) is 22.8 Å². The first-order chi connectivity index (χ1) is 15.9. The van der Waals surface area contributed by atoms with E-state index in [0.29, 0.717) is 23.6 Å². The van der Waals surface area contributed by atoms with E-state index in [1.54, 1.807) is 48.5 Å². The van der Waals surface area contributed by atoms with Gasteiger partial charge in [0.2, 0.25) is 0 Å². The van der Waals surface area contributed by atoms with Gasteiger partial charge in [0.05, 0.1) is 19.3 Å². The van der Waals surface area contributed by atoms with E-state index in [-0.39, 0.29) is 5.57 Å². The van der Waals surface area contributed by atoms with E-state index in [0.717, 1.165) is 22.6 Å². The number of rotatable bonds is 7. The SMILES string of the molecule is CCOc1ccc(NC(=O)/C(C#N)=C\c2cc(C)n(-c3cccc(C(=O)OC)c3)c2C)cc1. The van der Waals surface area contributed by atoms with Crippen molar-refractivity contribution in [3.63, 3.8) is 0 Å². The van der Waals surface area contributed by atoms with Crippen molar-refractivity contribution in [1.82, 2.24) is 4.57 Å². The maximum absolute atomic E-state index is 12.7. The molecule has 1 N–H and O–H groups in total. The Labute approximate surface area is 192 Å². The van der Waals surface area contributed by atoms with Crippen LogP contribution in [0.4, 0.5) is 5.69 Å². The molecule has 3 rings (SSSR count). The zero-order valence-electron chi connectivity index (χ0n) is 19.0. The predicted molar refractivity (Wildman–Crippen MR) is 126 cm³/mol. The molecule has 1 aromatic heterocycles. The number of nitrogens with zero attached hydrogens (tertiary/aromatic N) is 2. The summed E-state index contributed by atoms with van der Waals surface area (Å²) in [4.78, 5) is 24.6. The third kappa shape index (κ3) is 5.31. The number of nitriles is 1. The predicted octanol–water partition coefficient (Wildman–Crippen LogP) is 4.83. The number of carbonyl (C=O) groups excluding carboxylic acids is 2. The number of esters is 1. The van der Waals surface area contributed by atoms with Crippen LogP contribution in [0.5, 0.6) is 5.75 Å². The fourth-order valence-electron chi connectivity index (χ4n) is 3.52. The van der Waals surface area contributed by atoms with Crippen molar-refractivity contribution in [2.24, 2.45) is 0 Å². The van der Waals surface area contributed by atoms with Crippen molar-refractivity contribution in [1.29, 1.82) is 5.26 Å². The molecular formula is C26H25N3O4. The summed E-state index contributed by atoms with van der Waals surface area (Å²) in [6, 6.07) is 17.9. The normalized spacial score (nSPS) is 10.9. The second kappa shape index (κ2) is 10.3. The van der Waals surface area contributed by atoms with Crippen LogP contribution in [-0.4, -0.2) is 30.2 Å². The molecule has 0 aliphatic rings. The van der Waals surface area contributed by atoms with Crippen LogP contribution in [0.25, 0.3) is 11.8 Å². The number of carbonyl (C=O) groups is 2. The minimum absolute atomic E-state index is 0.0209. The van der Waals surface area contributed by atoms with Gasteiger partial charge in [-0.05, 0) is 80.9 Å². The van der Waals surface area contributed by atoms with E-state index in [4.69, 9.17) is 9.47 Å². The van der Waals surface area contributed by atoms with E-state index in [9.17, 15) is 14.9 Å². The van der Waals surface area contributed by atoms with Crippen molar-refractivity contribution in [2.75, 3.05) is 19.0 Å². The van der Waals surface area contributed by atoms with Gasteiger partial charge in [-0.15, -0.1) is 0 Å². The lowest BCUT2D eigenvalue weighted by Gasteiger charge is -2.11. The van der Waals surface area contributed by atoms with E-state index >= 15 is 0 Å². The van der Waals surface area contributed by atoms with Crippen LogP contribution >= 0.6 is 0 Å². The maximum Gasteiger partial charge on any atom is 0.337 e. The number of nitrogens with one attached hydrogen (secondary N) is 1. The van der Waals surface area contributed by atoms with Gasteiger partial charge in [-0.1, -0.05) is 6.07 Å². The number of methoxy groups -OCH3 is 1. The molecule has 0 bridgehead atoms. The summed E-state index contributed by atoms with van der Waals surface area (Å²) in [5.41, 5.74) is 4.22. The molecule has 2 aromatic carbocycles. The average molecular weight is 444 g/mol. The largest absolute Gasteiger partial charge is 0.494 e. The van der Waals surface area contributed by atoms with Gasteiger partial charge in [-0.2, -0.15) is 5.26 Å². The van der Waals surface area contributed by atoms with Crippen LogP contribution in [-0.2, 0) is 9.53 Å². The van der Waals surface area contributed by atoms with Crippen LogP contribution in [0, 0.1) is 25.2 Å². The molecular weight excluding hydrogens is 418 g/mol. The van der Waals surface area contributed by atoms with Crippen molar-refractivity contribution in [2.45, 2.75) is 20.8 Å². The smallest absolute Gasteiger partial charge is 0.337 e. The standard InChI is InChI=1S/C26H25N3O4/c1-5-33-24-11-9-22(10-12-24)28-25(30)21(16-27)14-20-13-17(2)29(18(20)3)23-8-6-7-19(15-23)26(31)32-4/h6-15H,5H2,1-4H3,(H,28,30)/b21-14-. The number of aryl methyl sites for hydroxylation is 1. The Morgan fingerprint density at radius 1 is 1.12 bits per heavy atom. The van der Waals surface area contributed by atoms with Gasteiger partial charge in [-0.3, -0.25) is 4.79 Å². The van der Waals surface area contributed by atoms with Crippen LogP contribution in [0.3, 0.4) is 0 Å². The molecule has 7 heteroatoms. The van der Waals surface area contributed by atoms with Crippen molar-refractivity contribution in [3.8, 4) is 17.5 Å². The topological polar surface area (TPSA) is 93.4 Å². The number of anilines is 1. The van der Waals surface area contributed by atoms with E-state index in [2.05, 4.69) is 5.32 Å². The first-order valence-electron chi connectivity index (χ1n) is 10.4. The molecule has 0 radical (unpaired) electrons. The number of benzene rings is 2. The monoisotopic (exact) mass is 443 g/mol. The molecule has 0 saturated carbocycles. The number of hydrogen-bond donors (Lipinski definition) is 1. The summed E-state index contributed by atoms with van der Waals surface area (Å²) in [7, 11) is 1.34. The molecule has 3 aromatic rings. The highest BCUT2D eigenvalue weighted by Crippen LogP contribution is 2.24. The average Bonchev–Trinajstić information content (AvgIpc) is 3.10. The highest BCUT2D eigenvalue weighted by atomic mass is 16.5. The van der Waals surface area contributed by atoms with E-state index < -0.39 is 11.9 Å². The van der Waals surface area contributed by atoms with Crippen LogP contribution < -0.4 is 10.1 Å². The Hall–Kier alpha value is -4.31. The molecule has 0 fully saturated rings. The molecule has 0 aliphatic carbocycles. The molecule has 1 amide bonds. The first kappa shape index (κ1) is 23.4. The zero-order valence-corrected chi connectivity index (χ0v) is 19.0. The molecule has 1 heterocycles. The zero-order chi connectivity index (χ0) is 24.0. The van der Waals surface area contributed by atoms with Crippen LogP contribution in [0.1, 0.15) is 34.2 Å². The van der Waals surface area contributed by atoms with Gasteiger partial charge in [0.1, 0.15) is 17.4 Å². The number of ether oxygens (including phenoxy) is 2. The summed E-state index contributed by atoms with van der Waals surface area (Å²) < 4.78 is 12.2. The highest BCUT2D eigenvalue weighted by molar-refractivity contribution is 6.09. The van der Waals surface area contributed by atoms with E-state index in [1.165, 1.54) is 7.11 Å². The van der Waals surface area contributed by atoms with Crippen molar-refractivity contribution in [3.05, 3.63) is 82.7 Å². The fraction of sp³-hybridized carbons (Fsp3) is 0.192.